The van der Waals surface area contributed by atoms with Crippen LogP contribution in [-0.4, -0.2) is 46.1 Å². The van der Waals surface area contributed by atoms with E-state index in [4.69, 9.17) is 28.4 Å². The molecule has 2 aromatic rings. The second kappa shape index (κ2) is 7.65. The number of likely N-dealkylation sites (N-methyl/N-ethyl adjacent to an activating group) is 1. The summed E-state index contributed by atoms with van der Waals surface area (Å²) >= 11 is 0. The number of rotatable bonds is 4. The molecular formula is C23H27NO6. The molecule has 30 heavy (non-hydrogen) atoms. The van der Waals surface area contributed by atoms with Crippen LogP contribution in [0.3, 0.4) is 0 Å². The van der Waals surface area contributed by atoms with E-state index in [0.29, 0.717) is 12.4 Å². The zero-order chi connectivity index (χ0) is 20.8. The van der Waals surface area contributed by atoms with Gasteiger partial charge >= 0.3 is 0 Å². The van der Waals surface area contributed by atoms with Crippen molar-refractivity contribution in [3.63, 3.8) is 0 Å². The third-order valence-corrected chi connectivity index (χ3v) is 6.20. The SMILES string of the molecule is CCO[C@H]1O[C@@H]2c3cc(OC)c(OC)cc3CCN(C)[C@@H]2c2ccc3c(c21)OCO3. The quantitative estimate of drug-likeness (QED) is 0.756. The van der Waals surface area contributed by atoms with Crippen LogP contribution in [0.5, 0.6) is 23.0 Å². The molecule has 5 rings (SSSR count). The van der Waals surface area contributed by atoms with Crippen molar-refractivity contribution in [2.75, 3.05) is 41.2 Å². The molecule has 3 aliphatic rings. The molecule has 7 nitrogen and oxygen atoms in total. The van der Waals surface area contributed by atoms with Crippen LogP contribution < -0.4 is 18.9 Å². The van der Waals surface area contributed by atoms with Crippen LogP contribution in [0.15, 0.2) is 24.3 Å². The molecule has 0 saturated heterocycles. The molecular weight excluding hydrogens is 386 g/mol. The van der Waals surface area contributed by atoms with E-state index in [1.807, 2.05) is 19.1 Å². The fourth-order valence-electron chi connectivity index (χ4n) is 4.79. The van der Waals surface area contributed by atoms with Gasteiger partial charge in [0.25, 0.3) is 0 Å². The second-order valence-electron chi connectivity index (χ2n) is 7.73. The van der Waals surface area contributed by atoms with E-state index in [1.54, 1.807) is 14.2 Å². The summed E-state index contributed by atoms with van der Waals surface area (Å²) in [5, 5.41) is 0. The van der Waals surface area contributed by atoms with Gasteiger partial charge in [-0.25, -0.2) is 0 Å². The Morgan fingerprint density at radius 2 is 1.87 bits per heavy atom. The minimum Gasteiger partial charge on any atom is -0.493 e. The summed E-state index contributed by atoms with van der Waals surface area (Å²) in [6.45, 7) is 3.60. The monoisotopic (exact) mass is 413 g/mol. The Bertz CT molecular complexity index is 961. The molecule has 160 valence electrons. The molecule has 0 fully saturated rings. The highest BCUT2D eigenvalue weighted by Crippen LogP contribution is 2.55. The van der Waals surface area contributed by atoms with Crippen LogP contribution in [0, 0.1) is 0 Å². The van der Waals surface area contributed by atoms with E-state index in [9.17, 15) is 0 Å². The first-order chi connectivity index (χ1) is 14.7. The average Bonchev–Trinajstić information content (AvgIpc) is 3.20. The van der Waals surface area contributed by atoms with Gasteiger partial charge in [0.2, 0.25) is 6.79 Å². The van der Waals surface area contributed by atoms with Crippen LogP contribution in [0.4, 0.5) is 0 Å². The van der Waals surface area contributed by atoms with Crippen molar-refractivity contribution in [3.8, 4) is 23.0 Å². The van der Waals surface area contributed by atoms with Gasteiger partial charge in [-0.3, -0.25) is 4.90 Å². The molecule has 0 saturated carbocycles. The summed E-state index contributed by atoms with van der Waals surface area (Å²) in [4.78, 5) is 2.34. The van der Waals surface area contributed by atoms with E-state index < -0.39 is 6.29 Å². The molecule has 0 N–H and O–H groups in total. The lowest BCUT2D eigenvalue weighted by molar-refractivity contribution is -0.201. The largest absolute Gasteiger partial charge is 0.493 e. The Kier molecular flexibility index (Phi) is 4.97. The molecule has 3 aliphatic heterocycles. The average molecular weight is 413 g/mol. The predicted molar refractivity (Wildman–Crippen MR) is 109 cm³/mol. The van der Waals surface area contributed by atoms with Gasteiger partial charge in [-0.15, -0.1) is 0 Å². The number of fused-ring (bicyclic) bond motifs is 7. The minimum atomic E-state index is -0.532. The summed E-state index contributed by atoms with van der Waals surface area (Å²) in [5.74, 6) is 2.91. The maximum absolute atomic E-state index is 6.64. The smallest absolute Gasteiger partial charge is 0.231 e. The van der Waals surface area contributed by atoms with E-state index in [0.717, 1.165) is 46.9 Å². The molecule has 0 aromatic heterocycles. The molecule has 0 amide bonds. The fraction of sp³-hybridized carbons (Fsp3) is 0.478. The Morgan fingerprint density at radius 3 is 2.63 bits per heavy atom. The summed E-state index contributed by atoms with van der Waals surface area (Å²) in [5.41, 5.74) is 4.39. The fourth-order valence-corrected chi connectivity index (χ4v) is 4.79. The Labute approximate surface area is 176 Å². The Hall–Kier alpha value is -2.48. The standard InChI is InChI=1S/C23H27NO6/c1-5-27-23-19-14(6-7-16-22(19)29-12-28-16)20-21(30-23)15-11-18(26-4)17(25-3)10-13(15)8-9-24(20)2/h6-7,10-11,20-21,23H,5,8-9,12H2,1-4H3/t20-,21-,23+/m1/s1. The lowest BCUT2D eigenvalue weighted by Crippen LogP contribution is -2.35. The zero-order valence-electron chi connectivity index (χ0n) is 17.8. The van der Waals surface area contributed by atoms with E-state index in [2.05, 4.69) is 24.1 Å². The van der Waals surface area contributed by atoms with E-state index in [1.165, 1.54) is 5.56 Å². The maximum atomic E-state index is 6.64. The summed E-state index contributed by atoms with van der Waals surface area (Å²) in [6, 6.07) is 8.24. The second-order valence-corrected chi connectivity index (χ2v) is 7.73. The van der Waals surface area contributed by atoms with Crippen LogP contribution in [0.1, 0.15) is 47.6 Å². The van der Waals surface area contributed by atoms with E-state index >= 15 is 0 Å². The van der Waals surface area contributed by atoms with Crippen molar-refractivity contribution in [2.45, 2.75) is 31.8 Å². The van der Waals surface area contributed by atoms with Gasteiger partial charge in [-0.05, 0) is 55.3 Å². The van der Waals surface area contributed by atoms with Gasteiger partial charge in [0.1, 0.15) is 6.10 Å². The van der Waals surface area contributed by atoms with Gasteiger partial charge in [0, 0.05) is 13.2 Å². The first kappa shape index (κ1) is 19.5. The summed E-state index contributed by atoms with van der Waals surface area (Å²) in [7, 11) is 5.46. The highest BCUT2D eigenvalue weighted by atomic mass is 16.7. The van der Waals surface area contributed by atoms with Crippen molar-refractivity contribution in [2.24, 2.45) is 0 Å². The van der Waals surface area contributed by atoms with Crippen molar-refractivity contribution in [1.82, 2.24) is 4.90 Å². The van der Waals surface area contributed by atoms with Crippen molar-refractivity contribution in [3.05, 3.63) is 46.5 Å². The van der Waals surface area contributed by atoms with Crippen molar-refractivity contribution >= 4 is 0 Å². The molecule has 0 spiro atoms. The van der Waals surface area contributed by atoms with Crippen LogP contribution in [-0.2, 0) is 15.9 Å². The number of nitrogens with zero attached hydrogens (tertiary/aromatic N) is 1. The highest BCUT2D eigenvalue weighted by Gasteiger charge is 2.44. The molecule has 0 radical (unpaired) electrons. The third-order valence-electron chi connectivity index (χ3n) is 6.20. The number of hydrogen-bond acceptors (Lipinski definition) is 7. The van der Waals surface area contributed by atoms with Crippen molar-refractivity contribution in [1.29, 1.82) is 0 Å². The molecule has 7 heteroatoms. The molecule has 0 bridgehead atoms. The molecule has 0 aliphatic carbocycles. The Morgan fingerprint density at radius 1 is 1.07 bits per heavy atom. The number of benzene rings is 2. The van der Waals surface area contributed by atoms with Crippen LogP contribution in [0.25, 0.3) is 0 Å². The zero-order valence-corrected chi connectivity index (χ0v) is 17.8. The predicted octanol–water partition coefficient (Wildman–Crippen LogP) is 3.77. The van der Waals surface area contributed by atoms with Crippen LogP contribution in [0.2, 0.25) is 0 Å². The summed E-state index contributed by atoms with van der Waals surface area (Å²) < 4.78 is 35.2. The first-order valence-corrected chi connectivity index (χ1v) is 10.3. The third kappa shape index (κ3) is 2.92. The number of methoxy groups -OCH3 is 2. The van der Waals surface area contributed by atoms with Crippen molar-refractivity contribution < 1.29 is 28.4 Å². The van der Waals surface area contributed by atoms with Gasteiger partial charge in [0.15, 0.2) is 29.3 Å². The molecule has 3 atom stereocenters. The molecule has 0 unspecified atom stereocenters. The maximum Gasteiger partial charge on any atom is 0.231 e. The lowest BCUT2D eigenvalue weighted by atomic mass is 9.87. The number of hydrogen-bond donors (Lipinski definition) is 0. The first-order valence-electron chi connectivity index (χ1n) is 10.3. The highest BCUT2D eigenvalue weighted by molar-refractivity contribution is 5.56. The lowest BCUT2D eigenvalue weighted by Gasteiger charge is -2.41. The molecule has 3 heterocycles. The number of ether oxygens (including phenoxy) is 6. The minimum absolute atomic E-state index is 0.0190. The van der Waals surface area contributed by atoms with Gasteiger partial charge in [0.05, 0.1) is 25.8 Å². The Balaban J connectivity index is 1.69. The van der Waals surface area contributed by atoms with Gasteiger partial charge in [-0.1, -0.05) is 6.07 Å². The normalized spacial score (nSPS) is 24.5. The summed E-state index contributed by atoms with van der Waals surface area (Å²) in [6.07, 6.45) is 0.147. The molecule has 2 aromatic carbocycles. The van der Waals surface area contributed by atoms with E-state index in [-0.39, 0.29) is 18.9 Å². The topological polar surface area (TPSA) is 58.6 Å². The van der Waals surface area contributed by atoms with Gasteiger partial charge in [-0.2, -0.15) is 0 Å². The van der Waals surface area contributed by atoms with Crippen LogP contribution >= 0.6 is 0 Å². The van der Waals surface area contributed by atoms with Gasteiger partial charge < -0.3 is 28.4 Å².